The van der Waals surface area contributed by atoms with Gasteiger partial charge in [-0.3, -0.25) is 9.48 Å². The lowest BCUT2D eigenvalue weighted by Crippen LogP contribution is -2.29. The quantitative estimate of drug-likeness (QED) is 0.516. The van der Waals surface area contributed by atoms with Crippen molar-refractivity contribution in [3.8, 4) is 11.1 Å². The molecule has 1 saturated heterocycles. The Balaban J connectivity index is 1.51. The van der Waals surface area contributed by atoms with E-state index in [1.165, 1.54) is 0 Å². The van der Waals surface area contributed by atoms with Crippen molar-refractivity contribution >= 4 is 38.4 Å². The summed E-state index contributed by atoms with van der Waals surface area (Å²) in [5, 5.41) is 6.50. The number of thiophene rings is 1. The number of amides is 1. The molecule has 1 aromatic carbocycles. The van der Waals surface area contributed by atoms with E-state index in [1.807, 2.05) is 31.3 Å². The number of benzene rings is 1. The van der Waals surface area contributed by atoms with Gasteiger partial charge >= 0.3 is 0 Å². The average molecular weight is 407 g/mol. The van der Waals surface area contributed by atoms with Crippen molar-refractivity contribution in [2.45, 2.75) is 19.4 Å². The third kappa shape index (κ3) is 3.10. The lowest BCUT2D eigenvalue weighted by atomic mass is 10.0. The average Bonchev–Trinajstić information content (AvgIpc) is 3.43. The summed E-state index contributed by atoms with van der Waals surface area (Å²) in [6.45, 7) is 3.47. The number of ether oxygens (including phenoxy) is 1. The van der Waals surface area contributed by atoms with Gasteiger partial charge in [-0.1, -0.05) is 12.1 Å². The number of carbonyl (C=O) groups excluding carboxylic acids is 1. The highest BCUT2D eigenvalue weighted by Gasteiger charge is 2.29. The molecule has 1 aliphatic heterocycles. The van der Waals surface area contributed by atoms with E-state index < -0.39 is 0 Å². The fraction of sp³-hybridized carbons (Fsp3) is 0.318. The molecule has 1 unspecified atom stereocenters. The minimum absolute atomic E-state index is 0.114. The summed E-state index contributed by atoms with van der Waals surface area (Å²) in [7, 11) is 3.61. The summed E-state index contributed by atoms with van der Waals surface area (Å²) in [5.74, 6) is 0.114. The molecule has 29 heavy (non-hydrogen) atoms. The Hall–Kier alpha value is -2.77. The molecule has 7 heteroatoms. The number of pyridine rings is 1. The van der Waals surface area contributed by atoms with E-state index in [9.17, 15) is 4.79 Å². The summed E-state index contributed by atoms with van der Waals surface area (Å²) in [4.78, 5) is 20.3. The monoisotopic (exact) mass is 406 g/mol. The van der Waals surface area contributed by atoms with Gasteiger partial charge in [0.2, 0.25) is 0 Å². The van der Waals surface area contributed by atoms with E-state index in [1.54, 1.807) is 23.1 Å². The van der Waals surface area contributed by atoms with Crippen molar-refractivity contribution in [3.05, 3.63) is 47.1 Å². The van der Waals surface area contributed by atoms with Crippen molar-refractivity contribution in [2.24, 2.45) is 7.05 Å². The molecule has 5 rings (SSSR count). The molecular weight excluding hydrogens is 384 g/mol. The highest BCUT2D eigenvalue weighted by Crippen LogP contribution is 2.35. The molecule has 1 amide bonds. The minimum atomic E-state index is 0.114. The smallest absolute Gasteiger partial charge is 0.264 e. The number of rotatable bonds is 3. The summed E-state index contributed by atoms with van der Waals surface area (Å²) < 4.78 is 8.31. The molecular formula is C22H22N4O2S. The Labute approximate surface area is 172 Å². The Morgan fingerprint density at radius 1 is 1.28 bits per heavy atom. The maximum Gasteiger partial charge on any atom is 0.264 e. The van der Waals surface area contributed by atoms with Crippen LogP contribution in [0.2, 0.25) is 0 Å². The first-order valence-corrected chi connectivity index (χ1v) is 10.5. The van der Waals surface area contributed by atoms with Crippen molar-refractivity contribution in [3.63, 3.8) is 0 Å². The number of aromatic nitrogens is 3. The van der Waals surface area contributed by atoms with Gasteiger partial charge in [0, 0.05) is 55.3 Å². The summed E-state index contributed by atoms with van der Waals surface area (Å²) in [6, 6.07) is 8.48. The summed E-state index contributed by atoms with van der Waals surface area (Å²) in [5.41, 5.74) is 3.95. The van der Waals surface area contributed by atoms with Crippen LogP contribution in [0.5, 0.6) is 0 Å². The first kappa shape index (κ1) is 18.3. The molecule has 4 heterocycles. The zero-order valence-corrected chi connectivity index (χ0v) is 17.5. The van der Waals surface area contributed by atoms with E-state index >= 15 is 0 Å². The second-order valence-corrected chi connectivity index (χ2v) is 8.66. The van der Waals surface area contributed by atoms with Gasteiger partial charge in [0.1, 0.15) is 0 Å². The molecule has 1 aliphatic rings. The topological polar surface area (TPSA) is 60.2 Å². The predicted molar refractivity (Wildman–Crippen MR) is 115 cm³/mol. The third-order valence-electron chi connectivity index (χ3n) is 5.70. The number of carbonyl (C=O) groups is 1. The summed E-state index contributed by atoms with van der Waals surface area (Å²) >= 11 is 1.58. The van der Waals surface area contributed by atoms with E-state index in [-0.39, 0.29) is 12.0 Å². The number of fused-ring (bicyclic) bond motifs is 2. The lowest BCUT2D eigenvalue weighted by molar-refractivity contribution is 0.0728. The van der Waals surface area contributed by atoms with Crippen LogP contribution in [0.15, 0.2) is 36.7 Å². The molecule has 0 radical (unpaired) electrons. The molecule has 3 aromatic heterocycles. The van der Waals surface area contributed by atoms with Gasteiger partial charge in [0.15, 0.2) is 5.65 Å². The van der Waals surface area contributed by atoms with Crippen molar-refractivity contribution in [1.29, 1.82) is 0 Å². The largest absolute Gasteiger partial charge is 0.380 e. The fourth-order valence-corrected chi connectivity index (χ4v) is 5.26. The molecule has 0 spiro atoms. The molecule has 6 nitrogen and oxygen atoms in total. The molecule has 0 N–H and O–H groups in total. The van der Waals surface area contributed by atoms with Crippen LogP contribution in [0, 0.1) is 6.92 Å². The Kier molecular flexibility index (Phi) is 4.37. The molecule has 0 bridgehead atoms. The Morgan fingerprint density at radius 2 is 2.14 bits per heavy atom. The van der Waals surface area contributed by atoms with Crippen LogP contribution in [0.1, 0.15) is 21.7 Å². The van der Waals surface area contributed by atoms with Crippen LogP contribution in [0.4, 0.5) is 0 Å². The van der Waals surface area contributed by atoms with Crippen LogP contribution in [-0.4, -0.2) is 51.9 Å². The number of nitrogens with zero attached hydrogens (tertiary/aromatic N) is 4. The van der Waals surface area contributed by atoms with Gasteiger partial charge in [-0.15, -0.1) is 11.3 Å². The SMILES string of the molecule is COC1CCN(C(=O)c2sc3cc(-c4cnc5nn(C)cc5c4)ccc3c2C)C1. The van der Waals surface area contributed by atoms with E-state index in [0.717, 1.165) is 55.7 Å². The van der Waals surface area contributed by atoms with Crippen LogP contribution in [0.25, 0.3) is 32.2 Å². The van der Waals surface area contributed by atoms with Gasteiger partial charge in [-0.05, 0) is 42.0 Å². The maximum absolute atomic E-state index is 13.1. The van der Waals surface area contributed by atoms with E-state index in [4.69, 9.17) is 4.74 Å². The molecule has 0 saturated carbocycles. The second-order valence-electron chi connectivity index (χ2n) is 7.60. The number of aryl methyl sites for hydroxylation is 2. The zero-order valence-electron chi connectivity index (χ0n) is 16.7. The highest BCUT2D eigenvalue weighted by molar-refractivity contribution is 7.21. The molecule has 4 aromatic rings. The fourth-order valence-electron chi connectivity index (χ4n) is 4.05. The first-order chi connectivity index (χ1) is 14.0. The number of hydrogen-bond acceptors (Lipinski definition) is 5. The van der Waals surface area contributed by atoms with E-state index in [0.29, 0.717) is 6.54 Å². The maximum atomic E-state index is 13.1. The minimum Gasteiger partial charge on any atom is -0.380 e. The molecule has 0 aliphatic carbocycles. The number of methoxy groups -OCH3 is 1. The number of likely N-dealkylation sites (tertiary alicyclic amines) is 1. The van der Waals surface area contributed by atoms with Crippen molar-refractivity contribution in [1.82, 2.24) is 19.7 Å². The molecule has 1 fully saturated rings. The molecule has 148 valence electrons. The van der Waals surface area contributed by atoms with Gasteiger partial charge in [-0.2, -0.15) is 5.10 Å². The van der Waals surface area contributed by atoms with Gasteiger partial charge in [0.05, 0.1) is 11.0 Å². The first-order valence-electron chi connectivity index (χ1n) is 9.68. The van der Waals surface area contributed by atoms with E-state index in [2.05, 4.69) is 34.3 Å². The second kappa shape index (κ2) is 6.93. The standard InChI is InChI=1S/C22H22N4O2S/c1-13-18-5-4-14(15-8-16-11-25(2)24-21(16)23-10-15)9-19(18)29-20(13)22(27)26-7-6-17(12-26)28-3/h4-5,8-11,17H,6-7,12H2,1-3H3. The van der Waals surface area contributed by atoms with Gasteiger partial charge < -0.3 is 9.64 Å². The Bertz CT molecular complexity index is 1240. The highest BCUT2D eigenvalue weighted by atomic mass is 32.1. The van der Waals surface area contributed by atoms with Crippen molar-refractivity contribution < 1.29 is 9.53 Å². The van der Waals surface area contributed by atoms with Gasteiger partial charge in [-0.25, -0.2) is 4.98 Å². The van der Waals surface area contributed by atoms with Crippen LogP contribution in [0.3, 0.4) is 0 Å². The Morgan fingerprint density at radius 3 is 2.93 bits per heavy atom. The van der Waals surface area contributed by atoms with Gasteiger partial charge in [0.25, 0.3) is 5.91 Å². The van der Waals surface area contributed by atoms with Crippen molar-refractivity contribution in [2.75, 3.05) is 20.2 Å². The summed E-state index contributed by atoms with van der Waals surface area (Å²) in [6.07, 6.45) is 4.88. The van der Waals surface area contributed by atoms with Crippen LogP contribution in [-0.2, 0) is 11.8 Å². The van der Waals surface area contributed by atoms with Crippen LogP contribution < -0.4 is 0 Å². The zero-order chi connectivity index (χ0) is 20.1. The predicted octanol–water partition coefficient (Wildman–Crippen LogP) is 4.02. The third-order valence-corrected chi connectivity index (χ3v) is 6.95. The lowest BCUT2D eigenvalue weighted by Gasteiger charge is -2.15. The normalized spacial score (nSPS) is 16.9. The van der Waals surface area contributed by atoms with Crippen LogP contribution >= 0.6 is 11.3 Å². The number of hydrogen-bond donors (Lipinski definition) is 0. The molecule has 1 atom stereocenters.